The summed E-state index contributed by atoms with van der Waals surface area (Å²) >= 11 is 0. The summed E-state index contributed by atoms with van der Waals surface area (Å²) in [5, 5.41) is 5.35. The first-order valence-electron chi connectivity index (χ1n) is 8.02. The number of amides is 2. The molecule has 1 aromatic rings. The fourth-order valence-corrected chi connectivity index (χ4v) is 2.39. The van der Waals surface area contributed by atoms with Gasteiger partial charge in [-0.3, -0.25) is 9.59 Å². The van der Waals surface area contributed by atoms with Crippen LogP contribution in [0.1, 0.15) is 25.0 Å². The van der Waals surface area contributed by atoms with Gasteiger partial charge in [-0.1, -0.05) is 26.0 Å². The normalized spacial score (nSPS) is 14.1. The molecule has 1 aliphatic heterocycles. The summed E-state index contributed by atoms with van der Waals surface area (Å²) in [6, 6.07) is 5.53. The van der Waals surface area contributed by atoms with Gasteiger partial charge < -0.3 is 21.1 Å². The highest BCUT2D eigenvalue weighted by molar-refractivity contribution is 5.87. The highest BCUT2D eigenvalue weighted by Crippen LogP contribution is 2.25. The largest absolute Gasteiger partial charge is 0.493 e. The molecule has 126 valence electrons. The van der Waals surface area contributed by atoms with Crippen molar-refractivity contribution in [1.82, 2.24) is 10.6 Å². The van der Waals surface area contributed by atoms with Gasteiger partial charge >= 0.3 is 0 Å². The van der Waals surface area contributed by atoms with Crippen LogP contribution in [-0.4, -0.2) is 37.6 Å². The molecule has 0 spiro atoms. The van der Waals surface area contributed by atoms with E-state index in [0.717, 1.165) is 25.2 Å². The van der Waals surface area contributed by atoms with Crippen molar-refractivity contribution in [2.24, 2.45) is 11.7 Å². The molecule has 1 heterocycles. The van der Waals surface area contributed by atoms with Crippen LogP contribution in [-0.2, 0) is 22.4 Å². The van der Waals surface area contributed by atoms with Crippen LogP contribution >= 0.6 is 0 Å². The maximum Gasteiger partial charge on any atom is 0.239 e. The third-order valence-electron chi connectivity index (χ3n) is 3.93. The van der Waals surface area contributed by atoms with E-state index >= 15 is 0 Å². The monoisotopic (exact) mass is 319 g/mol. The fraction of sp³-hybridized carbons (Fsp3) is 0.529. The molecule has 2 rings (SSSR count). The lowest BCUT2D eigenvalue weighted by molar-refractivity contribution is -0.127. The van der Waals surface area contributed by atoms with Crippen molar-refractivity contribution < 1.29 is 14.3 Å². The minimum atomic E-state index is -0.587. The van der Waals surface area contributed by atoms with E-state index in [2.05, 4.69) is 16.7 Å². The molecule has 0 fully saturated rings. The second-order valence-corrected chi connectivity index (χ2v) is 6.13. The molecule has 0 aromatic heterocycles. The van der Waals surface area contributed by atoms with E-state index in [4.69, 9.17) is 10.5 Å². The Morgan fingerprint density at radius 3 is 2.83 bits per heavy atom. The molecule has 0 saturated heterocycles. The number of ether oxygens (including phenoxy) is 1. The highest BCUT2D eigenvalue weighted by atomic mass is 16.5. The van der Waals surface area contributed by atoms with Crippen LogP contribution in [0.3, 0.4) is 0 Å². The van der Waals surface area contributed by atoms with Crippen LogP contribution in [0.2, 0.25) is 0 Å². The Kier molecular flexibility index (Phi) is 5.98. The first-order valence-corrected chi connectivity index (χ1v) is 8.02. The SMILES string of the molecule is CC(C)[C@H](N)C(=O)NCC(=O)NCCc1ccc2c(c1)CCO2. The van der Waals surface area contributed by atoms with Gasteiger partial charge in [0.1, 0.15) is 5.75 Å². The van der Waals surface area contributed by atoms with Crippen molar-refractivity contribution in [2.45, 2.75) is 32.7 Å². The number of nitrogens with two attached hydrogens (primary N) is 1. The van der Waals surface area contributed by atoms with Gasteiger partial charge in [0, 0.05) is 13.0 Å². The maximum absolute atomic E-state index is 11.7. The molecule has 6 heteroatoms. The van der Waals surface area contributed by atoms with Crippen molar-refractivity contribution in [1.29, 1.82) is 0 Å². The Hall–Kier alpha value is -2.08. The maximum atomic E-state index is 11.7. The lowest BCUT2D eigenvalue weighted by Crippen LogP contribution is -2.47. The van der Waals surface area contributed by atoms with E-state index in [0.29, 0.717) is 6.54 Å². The first kappa shape index (κ1) is 17.3. The number of nitrogens with one attached hydrogen (secondary N) is 2. The molecule has 4 N–H and O–H groups in total. The molecule has 0 aliphatic carbocycles. The van der Waals surface area contributed by atoms with Crippen LogP contribution < -0.4 is 21.1 Å². The topological polar surface area (TPSA) is 93.5 Å². The van der Waals surface area contributed by atoms with Crippen LogP contribution in [0.4, 0.5) is 0 Å². The van der Waals surface area contributed by atoms with E-state index in [1.807, 2.05) is 26.0 Å². The van der Waals surface area contributed by atoms with Crippen molar-refractivity contribution in [3.8, 4) is 5.75 Å². The van der Waals surface area contributed by atoms with Gasteiger partial charge in [-0.15, -0.1) is 0 Å². The third-order valence-corrected chi connectivity index (χ3v) is 3.93. The highest BCUT2D eigenvalue weighted by Gasteiger charge is 2.17. The molecule has 0 saturated carbocycles. The minimum Gasteiger partial charge on any atom is -0.493 e. The first-order chi connectivity index (χ1) is 11.0. The number of hydrogen-bond acceptors (Lipinski definition) is 4. The molecule has 1 aromatic carbocycles. The molecular weight excluding hydrogens is 294 g/mol. The zero-order chi connectivity index (χ0) is 16.8. The minimum absolute atomic E-state index is 0.0434. The molecule has 0 bridgehead atoms. The molecule has 2 amide bonds. The van der Waals surface area contributed by atoms with Gasteiger partial charge in [0.2, 0.25) is 11.8 Å². The van der Waals surface area contributed by atoms with Crippen LogP contribution in [0.25, 0.3) is 0 Å². The molecule has 0 unspecified atom stereocenters. The Morgan fingerprint density at radius 1 is 1.30 bits per heavy atom. The molecule has 0 radical (unpaired) electrons. The molecular formula is C17H25N3O3. The lowest BCUT2D eigenvalue weighted by atomic mass is 10.1. The van der Waals surface area contributed by atoms with Gasteiger partial charge in [-0.25, -0.2) is 0 Å². The van der Waals surface area contributed by atoms with E-state index in [9.17, 15) is 9.59 Å². The summed E-state index contributed by atoms with van der Waals surface area (Å²) < 4.78 is 5.47. The van der Waals surface area contributed by atoms with Gasteiger partial charge in [-0.05, 0) is 29.5 Å². The van der Waals surface area contributed by atoms with Crippen LogP contribution in [0.15, 0.2) is 18.2 Å². The van der Waals surface area contributed by atoms with Crippen LogP contribution in [0, 0.1) is 5.92 Å². The summed E-state index contributed by atoms with van der Waals surface area (Å²) in [6.07, 6.45) is 1.69. The van der Waals surface area contributed by atoms with Crippen LogP contribution in [0.5, 0.6) is 5.75 Å². The molecule has 1 aliphatic rings. The second-order valence-electron chi connectivity index (χ2n) is 6.13. The summed E-state index contributed by atoms with van der Waals surface area (Å²) in [5.74, 6) is 0.497. The van der Waals surface area contributed by atoms with Gasteiger partial charge in [-0.2, -0.15) is 0 Å². The summed E-state index contributed by atoms with van der Waals surface area (Å²) in [4.78, 5) is 23.4. The summed E-state index contributed by atoms with van der Waals surface area (Å²) in [7, 11) is 0. The number of hydrogen-bond donors (Lipinski definition) is 3. The average Bonchev–Trinajstić information content (AvgIpc) is 2.99. The Morgan fingerprint density at radius 2 is 2.09 bits per heavy atom. The molecule has 6 nitrogen and oxygen atoms in total. The van der Waals surface area contributed by atoms with Gasteiger partial charge in [0.05, 0.1) is 19.2 Å². The second kappa shape index (κ2) is 7.97. The standard InChI is InChI=1S/C17H25N3O3/c1-11(2)16(18)17(22)20-10-15(21)19-7-5-12-3-4-14-13(9-12)6-8-23-14/h3-4,9,11,16H,5-8,10,18H2,1-2H3,(H,19,21)(H,20,22)/t16-/m0/s1. The van der Waals surface area contributed by atoms with E-state index in [1.165, 1.54) is 11.1 Å². The summed E-state index contributed by atoms with van der Waals surface area (Å²) in [5.41, 5.74) is 8.11. The Bertz CT molecular complexity index is 572. The van der Waals surface area contributed by atoms with E-state index in [1.54, 1.807) is 0 Å². The fourth-order valence-electron chi connectivity index (χ4n) is 2.39. The van der Waals surface area contributed by atoms with Crippen molar-refractivity contribution in [3.63, 3.8) is 0 Å². The average molecular weight is 319 g/mol. The smallest absolute Gasteiger partial charge is 0.239 e. The molecule has 23 heavy (non-hydrogen) atoms. The predicted molar refractivity (Wildman–Crippen MR) is 88.2 cm³/mol. The Labute approximate surface area is 136 Å². The predicted octanol–water partition coefficient (Wildman–Crippen LogP) is 0.380. The van der Waals surface area contributed by atoms with Crippen molar-refractivity contribution in [2.75, 3.05) is 19.7 Å². The molecule has 1 atom stereocenters. The van der Waals surface area contributed by atoms with Gasteiger partial charge in [0.25, 0.3) is 0 Å². The zero-order valence-corrected chi connectivity index (χ0v) is 13.7. The quantitative estimate of drug-likeness (QED) is 0.677. The summed E-state index contributed by atoms with van der Waals surface area (Å²) in [6.45, 7) is 4.97. The number of carbonyl (C=O) groups excluding carboxylic acids is 2. The lowest BCUT2D eigenvalue weighted by Gasteiger charge is -2.15. The third kappa shape index (κ3) is 4.96. The number of rotatable bonds is 7. The number of carbonyl (C=O) groups is 2. The van der Waals surface area contributed by atoms with Gasteiger partial charge in [0.15, 0.2) is 0 Å². The number of benzene rings is 1. The van der Waals surface area contributed by atoms with E-state index in [-0.39, 0.29) is 24.3 Å². The number of fused-ring (bicyclic) bond motifs is 1. The zero-order valence-electron chi connectivity index (χ0n) is 13.7. The Balaban J connectivity index is 1.68. The van der Waals surface area contributed by atoms with Crippen molar-refractivity contribution >= 4 is 11.8 Å². The van der Waals surface area contributed by atoms with E-state index < -0.39 is 6.04 Å². The van der Waals surface area contributed by atoms with Crippen molar-refractivity contribution in [3.05, 3.63) is 29.3 Å².